The van der Waals surface area contributed by atoms with Gasteiger partial charge in [-0.05, 0) is 36.8 Å². The summed E-state index contributed by atoms with van der Waals surface area (Å²) in [5, 5.41) is 3.33. The van der Waals surface area contributed by atoms with Crippen molar-refractivity contribution < 1.29 is 18.7 Å². The molecule has 0 aliphatic heterocycles. The number of rotatable bonds is 6. The molecule has 2 aromatic carbocycles. The number of carbonyl (C=O) groups is 1. The van der Waals surface area contributed by atoms with Gasteiger partial charge in [0.15, 0.2) is 0 Å². The highest BCUT2D eigenvalue weighted by Gasteiger charge is 2.13. The number of amides is 1. The van der Waals surface area contributed by atoms with E-state index in [1.165, 1.54) is 25.3 Å². The summed E-state index contributed by atoms with van der Waals surface area (Å²) in [6.07, 6.45) is 0.284. The van der Waals surface area contributed by atoms with Crippen molar-refractivity contribution in [2.45, 2.75) is 6.42 Å². The van der Waals surface area contributed by atoms with Crippen molar-refractivity contribution in [2.24, 2.45) is 0 Å². The van der Waals surface area contributed by atoms with Crippen LogP contribution < -0.4 is 20.3 Å². The Morgan fingerprint density at radius 3 is 2.52 bits per heavy atom. The highest BCUT2D eigenvalue weighted by atomic mass is 19.1. The minimum atomic E-state index is -0.588. The normalized spacial score (nSPS) is 10.6. The molecule has 1 heterocycles. The molecule has 0 saturated heterocycles. The van der Waals surface area contributed by atoms with Gasteiger partial charge in [0.2, 0.25) is 0 Å². The van der Waals surface area contributed by atoms with Crippen LogP contribution in [0.15, 0.2) is 47.3 Å². The van der Waals surface area contributed by atoms with E-state index in [1.807, 2.05) is 0 Å². The summed E-state index contributed by atoms with van der Waals surface area (Å²) in [5.74, 6) is 0.0148. The Bertz CT molecular complexity index is 1050. The number of hydrogen-bond donors (Lipinski definition) is 2. The van der Waals surface area contributed by atoms with Crippen molar-refractivity contribution in [1.29, 1.82) is 0 Å². The lowest BCUT2D eigenvalue weighted by atomic mass is 10.1. The van der Waals surface area contributed by atoms with Gasteiger partial charge in [-0.1, -0.05) is 12.1 Å². The molecule has 0 spiro atoms. The molecule has 0 atom stereocenters. The SMILES string of the molecule is COc1ccc(OC)c2[nH]c(=O)c(CCNC(=O)c3ccccc3F)cc12. The fourth-order valence-corrected chi connectivity index (χ4v) is 2.87. The van der Waals surface area contributed by atoms with Crippen LogP contribution in [-0.2, 0) is 6.42 Å². The molecule has 0 unspecified atom stereocenters. The quantitative estimate of drug-likeness (QED) is 0.699. The van der Waals surface area contributed by atoms with E-state index in [0.29, 0.717) is 28.0 Å². The summed E-state index contributed by atoms with van der Waals surface area (Å²) >= 11 is 0. The molecular formula is C20H19FN2O4. The van der Waals surface area contributed by atoms with Crippen LogP contribution in [0.2, 0.25) is 0 Å². The lowest BCUT2D eigenvalue weighted by molar-refractivity contribution is 0.0950. The summed E-state index contributed by atoms with van der Waals surface area (Å²) in [6, 6.07) is 10.9. The van der Waals surface area contributed by atoms with Gasteiger partial charge in [-0.2, -0.15) is 0 Å². The zero-order chi connectivity index (χ0) is 19.4. The molecule has 3 rings (SSSR count). The van der Waals surface area contributed by atoms with Crippen LogP contribution in [-0.4, -0.2) is 31.7 Å². The summed E-state index contributed by atoms with van der Waals surface area (Å²) < 4.78 is 24.3. The highest BCUT2D eigenvalue weighted by molar-refractivity contribution is 5.94. The molecule has 1 aromatic heterocycles. The first-order chi connectivity index (χ1) is 13.0. The fourth-order valence-electron chi connectivity index (χ4n) is 2.87. The Balaban J connectivity index is 1.81. The van der Waals surface area contributed by atoms with Crippen LogP contribution in [0.5, 0.6) is 11.5 Å². The molecule has 140 valence electrons. The summed E-state index contributed by atoms with van der Waals surface area (Å²) in [5.41, 5.74) is 0.703. The number of carbonyl (C=O) groups excluding carboxylic acids is 1. The van der Waals surface area contributed by atoms with Crippen LogP contribution in [0.25, 0.3) is 10.9 Å². The van der Waals surface area contributed by atoms with Crippen molar-refractivity contribution in [3.63, 3.8) is 0 Å². The van der Waals surface area contributed by atoms with E-state index in [2.05, 4.69) is 10.3 Å². The molecule has 0 fully saturated rings. The van der Waals surface area contributed by atoms with E-state index in [1.54, 1.807) is 31.4 Å². The number of methoxy groups -OCH3 is 2. The number of hydrogen-bond acceptors (Lipinski definition) is 4. The van der Waals surface area contributed by atoms with Gasteiger partial charge in [-0.3, -0.25) is 9.59 Å². The predicted octanol–water partition coefficient (Wildman–Crippen LogP) is 2.66. The Labute approximate surface area is 154 Å². The summed E-state index contributed by atoms with van der Waals surface area (Å²) in [6.45, 7) is 0.189. The third kappa shape index (κ3) is 3.76. The lowest BCUT2D eigenvalue weighted by Gasteiger charge is -2.11. The molecule has 0 aliphatic rings. The van der Waals surface area contributed by atoms with E-state index < -0.39 is 11.7 Å². The zero-order valence-electron chi connectivity index (χ0n) is 15.0. The number of ether oxygens (including phenoxy) is 2. The molecule has 0 bridgehead atoms. The topological polar surface area (TPSA) is 80.4 Å². The number of aromatic nitrogens is 1. The zero-order valence-corrected chi connectivity index (χ0v) is 15.0. The standard InChI is InChI=1S/C20H19FN2O4/c1-26-16-7-8-17(27-2)18-14(16)11-12(19(24)23-18)9-10-22-20(25)13-5-3-4-6-15(13)21/h3-8,11H,9-10H2,1-2H3,(H,22,25)(H,23,24). The van der Waals surface area contributed by atoms with Gasteiger partial charge in [-0.15, -0.1) is 0 Å². The molecule has 2 N–H and O–H groups in total. The van der Waals surface area contributed by atoms with Crippen molar-refractivity contribution in [3.05, 3.63) is 69.8 Å². The van der Waals surface area contributed by atoms with Gasteiger partial charge in [0, 0.05) is 17.5 Å². The van der Waals surface area contributed by atoms with Gasteiger partial charge >= 0.3 is 0 Å². The van der Waals surface area contributed by atoms with E-state index >= 15 is 0 Å². The van der Waals surface area contributed by atoms with Crippen LogP contribution in [0.1, 0.15) is 15.9 Å². The Morgan fingerprint density at radius 1 is 1.11 bits per heavy atom. The number of aromatic amines is 1. The largest absolute Gasteiger partial charge is 0.496 e. The maximum atomic E-state index is 13.6. The van der Waals surface area contributed by atoms with E-state index in [-0.39, 0.29) is 24.1 Å². The van der Waals surface area contributed by atoms with Crippen molar-refractivity contribution in [3.8, 4) is 11.5 Å². The van der Waals surface area contributed by atoms with Crippen LogP contribution >= 0.6 is 0 Å². The number of halogens is 1. The first kappa shape index (κ1) is 18.4. The smallest absolute Gasteiger partial charge is 0.254 e. The molecule has 0 radical (unpaired) electrons. The Kier molecular flexibility index (Phi) is 5.40. The third-order valence-corrected chi connectivity index (χ3v) is 4.25. The number of H-pyrrole nitrogens is 1. The van der Waals surface area contributed by atoms with E-state index in [0.717, 1.165) is 0 Å². The molecule has 1 amide bonds. The van der Waals surface area contributed by atoms with E-state index in [4.69, 9.17) is 9.47 Å². The van der Waals surface area contributed by atoms with Gasteiger partial charge in [0.25, 0.3) is 11.5 Å². The lowest BCUT2D eigenvalue weighted by Crippen LogP contribution is -2.28. The first-order valence-electron chi connectivity index (χ1n) is 8.34. The number of benzene rings is 2. The van der Waals surface area contributed by atoms with Crippen LogP contribution in [0.4, 0.5) is 4.39 Å². The monoisotopic (exact) mass is 370 g/mol. The first-order valence-corrected chi connectivity index (χ1v) is 8.34. The second-order valence-corrected chi connectivity index (χ2v) is 5.87. The molecule has 0 aliphatic carbocycles. The van der Waals surface area contributed by atoms with Gasteiger partial charge in [0.05, 0.1) is 25.3 Å². The average molecular weight is 370 g/mol. The van der Waals surface area contributed by atoms with Crippen LogP contribution in [0.3, 0.4) is 0 Å². The third-order valence-electron chi connectivity index (χ3n) is 4.25. The van der Waals surface area contributed by atoms with Gasteiger partial charge in [0.1, 0.15) is 17.3 Å². The van der Waals surface area contributed by atoms with Gasteiger partial charge in [-0.25, -0.2) is 4.39 Å². The second kappa shape index (κ2) is 7.90. The molecule has 3 aromatic rings. The Morgan fingerprint density at radius 2 is 1.81 bits per heavy atom. The fraction of sp³-hybridized carbons (Fsp3) is 0.200. The molecule has 0 saturated carbocycles. The number of fused-ring (bicyclic) bond motifs is 1. The van der Waals surface area contributed by atoms with Crippen LogP contribution in [0, 0.1) is 5.82 Å². The molecule has 6 nitrogen and oxygen atoms in total. The number of pyridine rings is 1. The number of nitrogens with one attached hydrogen (secondary N) is 2. The summed E-state index contributed by atoms with van der Waals surface area (Å²) in [7, 11) is 3.06. The summed E-state index contributed by atoms with van der Waals surface area (Å²) in [4.78, 5) is 27.2. The van der Waals surface area contributed by atoms with Crippen molar-refractivity contribution in [1.82, 2.24) is 10.3 Å². The maximum absolute atomic E-state index is 13.6. The Hall–Kier alpha value is -3.35. The predicted molar refractivity (Wildman–Crippen MR) is 100 cm³/mol. The van der Waals surface area contributed by atoms with E-state index in [9.17, 15) is 14.0 Å². The average Bonchev–Trinajstić information content (AvgIpc) is 2.67. The minimum absolute atomic E-state index is 0.0312. The van der Waals surface area contributed by atoms with Crippen molar-refractivity contribution >= 4 is 16.8 Å². The van der Waals surface area contributed by atoms with Crippen molar-refractivity contribution in [2.75, 3.05) is 20.8 Å². The van der Waals surface area contributed by atoms with Gasteiger partial charge < -0.3 is 19.8 Å². The molecule has 27 heavy (non-hydrogen) atoms. The second-order valence-electron chi connectivity index (χ2n) is 5.87. The molecular weight excluding hydrogens is 351 g/mol. The molecule has 7 heteroatoms. The minimum Gasteiger partial charge on any atom is -0.496 e. The highest BCUT2D eigenvalue weighted by Crippen LogP contribution is 2.31. The maximum Gasteiger partial charge on any atom is 0.254 e.